The highest BCUT2D eigenvalue weighted by Gasteiger charge is 2.24. The molecule has 1 aliphatic heterocycles. The zero-order valence-corrected chi connectivity index (χ0v) is 13.5. The summed E-state index contributed by atoms with van der Waals surface area (Å²) in [6.45, 7) is 5.86. The molecule has 0 bridgehead atoms. The Morgan fingerprint density at radius 2 is 2.13 bits per heavy atom. The molecule has 2 amide bonds. The Labute approximate surface area is 134 Å². The van der Waals surface area contributed by atoms with E-state index in [1.54, 1.807) is 20.8 Å². The topological polar surface area (TPSA) is 67.9 Å². The van der Waals surface area contributed by atoms with Gasteiger partial charge >= 0.3 is 6.09 Å². The standard InChI is InChI=1S/C16H21FN2O4/c1-16(2,3)23-15(21)18-10-14(20)19-7-4-8-22-13-9-11(17)5-6-12(13)19/h5-6,9H,4,7-8,10H2,1-3H3,(H,18,21). The van der Waals surface area contributed by atoms with Crippen molar-refractivity contribution in [1.29, 1.82) is 0 Å². The maximum Gasteiger partial charge on any atom is 0.408 e. The average Bonchev–Trinajstić information content (AvgIpc) is 2.64. The van der Waals surface area contributed by atoms with Gasteiger partial charge in [-0.1, -0.05) is 0 Å². The van der Waals surface area contributed by atoms with Gasteiger partial charge in [-0.2, -0.15) is 0 Å². The van der Waals surface area contributed by atoms with Crippen molar-refractivity contribution in [1.82, 2.24) is 5.32 Å². The van der Waals surface area contributed by atoms with Gasteiger partial charge in [0.15, 0.2) is 0 Å². The van der Waals surface area contributed by atoms with Gasteiger partial charge in [-0.05, 0) is 39.3 Å². The summed E-state index contributed by atoms with van der Waals surface area (Å²) in [7, 11) is 0. The second kappa shape index (κ2) is 6.85. The van der Waals surface area contributed by atoms with E-state index in [4.69, 9.17) is 9.47 Å². The summed E-state index contributed by atoms with van der Waals surface area (Å²) in [5.41, 5.74) is -0.131. The summed E-state index contributed by atoms with van der Waals surface area (Å²) in [6, 6.07) is 4.03. The smallest absolute Gasteiger partial charge is 0.408 e. The highest BCUT2D eigenvalue weighted by atomic mass is 19.1. The molecule has 0 unspecified atom stereocenters. The molecule has 0 atom stereocenters. The molecule has 0 radical (unpaired) electrons. The lowest BCUT2D eigenvalue weighted by molar-refractivity contribution is -0.117. The van der Waals surface area contributed by atoms with Gasteiger partial charge in [-0.15, -0.1) is 0 Å². The Bertz CT molecular complexity index is 598. The minimum Gasteiger partial charge on any atom is -0.491 e. The minimum atomic E-state index is -0.656. The second-order valence-corrected chi connectivity index (χ2v) is 6.21. The number of ether oxygens (including phenoxy) is 2. The first kappa shape index (κ1) is 17.1. The molecule has 23 heavy (non-hydrogen) atoms. The van der Waals surface area contributed by atoms with Crippen molar-refractivity contribution < 1.29 is 23.5 Å². The normalized spacial score (nSPS) is 14.3. The molecule has 1 aromatic carbocycles. The van der Waals surface area contributed by atoms with Crippen LogP contribution in [0, 0.1) is 5.82 Å². The van der Waals surface area contributed by atoms with Gasteiger partial charge in [-0.25, -0.2) is 9.18 Å². The monoisotopic (exact) mass is 324 g/mol. The van der Waals surface area contributed by atoms with Crippen molar-refractivity contribution in [2.45, 2.75) is 32.8 Å². The van der Waals surface area contributed by atoms with Gasteiger partial charge in [0.25, 0.3) is 0 Å². The van der Waals surface area contributed by atoms with Crippen LogP contribution in [0.5, 0.6) is 5.75 Å². The first-order valence-electron chi connectivity index (χ1n) is 7.46. The number of hydrogen-bond donors (Lipinski definition) is 1. The third-order valence-corrected chi connectivity index (χ3v) is 3.08. The predicted octanol–water partition coefficient (Wildman–Crippen LogP) is 2.47. The number of nitrogens with zero attached hydrogens (tertiary/aromatic N) is 1. The van der Waals surface area contributed by atoms with E-state index in [9.17, 15) is 14.0 Å². The number of hydrogen-bond acceptors (Lipinski definition) is 4. The van der Waals surface area contributed by atoms with Crippen molar-refractivity contribution in [2.75, 3.05) is 24.6 Å². The number of carbonyl (C=O) groups excluding carboxylic acids is 2. The van der Waals surface area contributed by atoms with Gasteiger partial charge in [0, 0.05) is 12.6 Å². The van der Waals surface area contributed by atoms with Crippen LogP contribution in [0.4, 0.5) is 14.9 Å². The summed E-state index contributed by atoms with van der Waals surface area (Å²) in [4.78, 5) is 25.5. The molecule has 7 heteroatoms. The van der Waals surface area contributed by atoms with Crippen molar-refractivity contribution in [3.8, 4) is 5.75 Å². The van der Waals surface area contributed by atoms with Gasteiger partial charge < -0.3 is 19.7 Å². The molecule has 0 aliphatic carbocycles. The third kappa shape index (κ3) is 4.84. The lowest BCUT2D eigenvalue weighted by Crippen LogP contribution is -2.42. The van der Waals surface area contributed by atoms with Gasteiger partial charge in [0.1, 0.15) is 23.7 Å². The fourth-order valence-corrected chi connectivity index (χ4v) is 2.17. The molecule has 1 N–H and O–H groups in total. The summed E-state index contributed by atoms with van der Waals surface area (Å²) in [6.07, 6.45) is -0.0367. The molecule has 6 nitrogen and oxygen atoms in total. The lowest BCUT2D eigenvalue weighted by atomic mass is 10.2. The van der Waals surface area contributed by atoms with Gasteiger partial charge in [-0.3, -0.25) is 4.79 Å². The van der Waals surface area contributed by atoms with Gasteiger partial charge in [0.2, 0.25) is 5.91 Å². The highest BCUT2D eigenvalue weighted by molar-refractivity contribution is 5.97. The van der Waals surface area contributed by atoms with E-state index in [1.807, 2.05) is 0 Å². The third-order valence-electron chi connectivity index (χ3n) is 3.08. The lowest BCUT2D eigenvalue weighted by Gasteiger charge is -2.23. The Balaban J connectivity index is 2.04. The number of anilines is 1. The summed E-state index contributed by atoms with van der Waals surface area (Å²) >= 11 is 0. The van der Waals surface area contributed by atoms with Crippen molar-refractivity contribution in [2.24, 2.45) is 0 Å². The first-order valence-corrected chi connectivity index (χ1v) is 7.46. The van der Waals surface area contributed by atoms with E-state index in [0.29, 0.717) is 31.0 Å². The highest BCUT2D eigenvalue weighted by Crippen LogP contribution is 2.31. The van der Waals surface area contributed by atoms with Crippen LogP contribution in [-0.4, -0.2) is 37.3 Å². The molecular formula is C16H21FN2O4. The van der Waals surface area contributed by atoms with Crippen LogP contribution < -0.4 is 15.0 Å². The molecule has 0 spiro atoms. The quantitative estimate of drug-likeness (QED) is 0.907. The maximum absolute atomic E-state index is 13.3. The van der Waals surface area contributed by atoms with Crippen LogP contribution in [0.3, 0.4) is 0 Å². The molecule has 126 valence electrons. The summed E-state index contributed by atoms with van der Waals surface area (Å²) in [5, 5.41) is 2.43. The second-order valence-electron chi connectivity index (χ2n) is 6.21. The Morgan fingerprint density at radius 3 is 2.83 bits per heavy atom. The Hall–Kier alpha value is -2.31. The Kier molecular flexibility index (Phi) is 5.08. The molecule has 1 aliphatic rings. The van der Waals surface area contributed by atoms with E-state index in [0.717, 1.165) is 0 Å². The molecule has 0 fully saturated rings. The number of rotatable bonds is 2. The minimum absolute atomic E-state index is 0.203. The SMILES string of the molecule is CC(C)(C)OC(=O)NCC(=O)N1CCCOc2cc(F)ccc21. The van der Waals surface area contributed by atoms with E-state index in [-0.39, 0.29) is 12.5 Å². The molecule has 1 heterocycles. The van der Waals surface area contributed by atoms with E-state index in [2.05, 4.69) is 5.32 Å². The number of alkyl carbamates (subject to hydrolysis) is 1. The van der Waals surface area contributed by atoms with Crippen molar-refractivity contribution >= 4 is 17.7 Å². The molecule has 2 rings (SSSR count). The fraction of sp³-hybridized carbons (Fsp3) is 0.500. The number of nitrogens with one attached hydrogen (secondary N) is 1. The number of benzene rings is 1. The number of carbonyl (C=O) groups is 2. The summed E-state index contributed by atoms with van der Waals surface area (Å²) < 4.78 is 23.9. The zero-order chi connectivity index (χ0) is 17.0. The number of fused-ring (bicyclic) bond motifs is 1. The van der Waals surface area contributed by atoms with Crippen LogP contribution in [0.1, 0.15) is 27.2 Å². The maximum atomic E-state index is 13.3. The van der Waals surface area contributed by atoms with Crippen LogP contribution in [0.15, 0.2) is 18.2 Å². The number of halogens is 1. The zero-order valence-electron chi connectivity index (χ0n) is 13.5. The molecular weight excluding hydrogens is 303 g/mol. The fourth-order valence-electron chi connectivity index (χ4n) is 2.17. The molecule has 0 aromatic heterocycles. The van der Waals surface area contributed by atoms with E-state index in [1.165, 1.54) is 23.1 Å². The first-order chi connectivity index (χ1) is 10.8. The van der Waals surface area contributed by atoms with Crippen molar-refractivity contribution in [3.63, 3.8) is 0 Å². The molecule has 1 aromatic rings. The summed E-state index contributed by atoms with van der Waals surface area (Å²) in [5.74, 6) is -0.410. The molecule has 0 saturated carbocycles. The van der Waals surface area contributed by atoms with Crippen LogP contribution in [-0.2, 0) is 9.53 Å². The van der Waals surface area contributed by atoms with Crippen molar-refractivity contribution in [3.05, 3.63) is 24.0 Å². The van der Waals surface area contributed by atoms with Gasteiger partial charge in [0.05, 0.1) is 12.3 Å². The van der Waals surface area contributed by atoms with E-state index < -0.39 is 17.5 Å². The largest absolute Gasteiger partial charge is 0.491 e. The predicted molar refractivity (Wildman–Crippen MR) is 83.1 cm³/mol. The Morgan fingerprint density at radius 1 is 1.39 bits per heavy atom. The van der Waals surface area contributed by atoms with Crippen LogP contribution >= 0.6 is 0 Å². The number of amides is 2. The van der Waals surface area contributed by atoms with Crippen LogP contribution in [0.2, 0.25) is 0 Å². The molecule has 0 saturated heterocycles. The average molecular weight is 324 g/mol. The van der Waals surface area contributed by atoms with E-state index >= 15 is 0 Å². The van der Waals surface area contributed by atoms with Crippen LogP contribution in [0.25, 0.3) is 0 Å².